The van der Waals surface area contributed by atoms with Gasteiger partial charge in [0.2, 0.25) is 5.89 Å². The van der Waals surface area contributed by atoms with Crippen LogP contribution in [0.25, 0.3) is 0 Å². The number of rotatable bonds is 8. The minimum atomic E-state index is 0.424. The number of hydrogen-bond donors (Lipinski definition) is 1. The molecule has 2 aromatic rings. The molecule has 0 bridgehead atoms. The zero-order chi connectivity index (χ0) is 18.4. The Balaban J connectivity index is 1.63. The van der Waals surface area contributed by atoms with Crippen LogP contribution in [0.1, 0.15) is 43.6 Å². The number of benzene rings is 1. The summed E-state index contributed by atoms with van der Waals surface area (Å²) >= 11 is 0. The van der Waals surface area contributed by atoms with Crippen LogP contribution in [0.5, 0.6) is 17.2 Å². The zero-order valence-electron chi connectivity index (χ0n) is 15.7. The van der Waals surface area contributed by atoms with Gasteiger partial charge >= 0.3 is 6.01 Å². The Hall–Kier alpha value is -2.44. The van der Waals surface area contributed by atoms with Gasteiger partial charge in [0, 0.05) is 24.6 Å². The van der Waals surface area contributed by atoms with Crippen LogP contribution in [0.2, 0.25) is 0 Å². The monoisotopic (exact) mass is 361 g/mol. The summed E-state index contributed by atoms with van der Waals surface area (Å²) < 4.78 is 21.9. The lowest BCUT2D eigenvalue weighted by Gasteiger charge is -2.19. The van der Waals surface area contributed by atoms with Gasteiger partial charge in [-0.1, -0.05) is 24.4 Å². The first-order chi connectivity index (χ1) is 12.7. The average Bonchev–Trinajstić information content (AvgIpc) is 3.13. The molecule has 7 heteroatoms. The van der Waals surface area contributed by atoms with E-state index in [4.69, 9.17) is 18.6 Å². The van der Waals surface area contributed by atoms with E-state index < -0.39 is 0 Å². The van der Waals surface area contributed by atoms with Crippen LogP contribution in [0.15, 0.2) is 16.5 Å². The molecule has 0 radical (unpaired) electrons. The van der Waals surface area contributed by atoms with E-state index in [0.717, 1.165) is 12.0 Å². The highest BCUT2D eigenvalue weighted by Gasteiger charge is 2.18. The van der Waals surface area contributed by atoms with Crippen LogP contribution in [-0.4, -0.2) is 31.5 Å². The van der Waals surface area contributed by atoms with Crippen LogP contribution in [-0.2, 0) is 13.0 Å². The largest absolute Gasteiger partial charge is 0.496 e. The fourth-order valence-corrected chi connectivity index (χ4v) is 3.45. The van der Waals surface area contributed by atoms with Gasteiger partial charge in [-0.05, 0) is 24.8 Å². The van der Waals surface area contributed by atoms with Crippen molar-refractivity contribution < 1.29 is 18.6 Å². The average molecular weight is 361 g/mol. The third-order valence-corrected chi connectivity index (χ3v) is 4.87. The van der Waals surface area contributed by atoms with Crippen molar-refractivity contribution in [3.63, 3.8) is 0 Å². The van der Waals surface area contributed by atoms with Gasteiger partial charge in [0.1, 0.15) is 5.75 Å². The van der Waals surface area contributed by atoms with E-state index in [1.165, 1.54) is 32.1 Å². The summed E-state index contributed by atoms with van der Waals surface area (Å²) in [5.41, 5.74) is 0.914. The lowest BCUT2D eigenvalue weighted by atomic mass is 9.87. The predicted molar refractivity (Wildman–Crippen MR) is 98.0 cm³/mol. The number of nitrogens with zero attached hydrogens (tertiary/aromatic N) is 2. The van der Waals surface area contributed by atoms with Crippen molar-refractivity contribution in [3.05, 3.63) is 23.6 Å². The Labute approximate surface area is 154 Å². The number of anilines is 1. The summed E-state index contributed by atoms with van der Waals surface area (Å²) in [7, 11) is 4.83. The van der Waals surface area contributed by atoms with E-state index in [9.17, 15) is 0 Å². The molecule has 1 heterocycles. The molecular formula is C19H27N3O4. The molecule has 0 amide bonds. The maximum atomic E-state index is 5.75. The zero-order valence-corrected chi connectivity index (χ0v) is 15.7. The Morgan fingerprint density at radius 2 is 1.65 bits per heavy atom. The number of nitrogens with one attached hydrogen (secondary N) is 1. The van der Waals surface area contributed by atoms with Crippen molar-refractivity contribution in [1.29, 1.82) is 0 Å². The molecule has 0 saturated heterocycles. The van der Waals surface area contributed by atoms with Crippen molar-refractivity contribution in [2.75, 3.05) is 26.6 Å². The van der Waals surface area contributed by atoms with E-state index in [2.05, 4.69) is 15.5 Å². The molecule has 26 heavy (non-hydrogen) atoms. The van der Waals surface area contributed by atoms with Crippen LogP contribution >= 0.6 is 0 Å². The van der Waals surface area contributed by atoms with Crippen molar-refractivity contribution >= 4 is 6.01 Å². The number of methoxy groups -OCH3 is 3. The summed E-state index contributed by atoms with van der Waals surface area (Å²) in [4.78, 5) is 0. The minimum absolute atomic E-state index is 0.424. The van der Waals surface area contributed by atoms with Gasteiger partial charge in [0.15, 0.2) is 11.5 Å². The smallest absolute Gasteiger partial charge is 0.315 e. The van der Waals surface area contributed by atoms with Crippen molar-refractivity contribution in [1.82, 2.24) is 10.2 Å². The van der Waals surface area contributed by atoms with E-state index >= 15 is 0 Å². The first kappa shape index (κ1) is 18.4. The Morgan fingerprint density at radius 1 is 0.962 bits per heavy atom. The quantitative estimate of drug-likeness (QED) is 0.765. The van der Waals surface area contributed by atoms with Gasteiger partial charge < -0.3 is 23.9 Å². The highest BCUT2D eigenvalue weighted by molar-refractivity contribution is 5.51. The second kappa shape index (κ2) is 8.78. The van der Waals surface area contributed by atoms with Gasteiger partial charge in [-0.3, -0.25) is 0 Å². The van der Waals surface area contributed by atoms with E-state index in [-0.39, 0.29) is 0 Å². The topological polar surface area (TPSA) is 78.6 Å². The first-order valence-corrected chi connectivity index (χ1v) is 9.08. The normalized spacial score (nSPS) is 14.9. The molecule has 1 fully saturated rings. The molecule has 1 aromatic carbocycles. The molecule has 1 N–H and O–H groups in total. The molecule has 1 aromatic heterocycles. The highest BCUT2D eigenvalue weighted by atomic mass is 16.5. The van der Waals surface area contributed by atoms with Gasteiger partial charge in [0.25, 0.3) is 0 Å². The molecule has 1 aliphatic rings. The fraction of sp³-hybridized carbons (Fsp3) is 0.579. The second-order valence-corrected chi connectivity index (χ2v) is 6.58. The third-order valence-electron chi connectivity index (χ3n) is 4.87. The molecular weight excluding hydrogens is 334 g/mol. The third kappa shape index (κ3) is 4.39. The molecule has 3 rings (SSSR count). The van der Waals surface area contributed by atoms with Crippen LogP contribution < -0.4 is 19.5 Å². The maximum Gasteiger partial charge on any atom is 0.315 e. The van der Waals surface area contributed by atoms with Crippen LogP contribution in [0, 0.1) is 5.92 Å². The molecule has 1 saturated carbocycles. The van der Waals surface area contributed by atoms with Gasteiger partial charge in [-0.15, -0.1) is 5.10 Å². The van der Waals surface area contributed by atoms with Crippen molar-refractivity contribution in [3.8, 4) is 17.2 Å². The lowest BCUT2D eigenvalue weighted by Crippen LogP contribution is -2.09. The second-order valence-electron chi connectivity index (χ2n) is 6.58. The van der Waals surface area contributed by atoms with Crippen molar-refractivity contribution in [2.45, 2.75) is 45.1 Å². The van der Waals surface area contributed by atoms with Crippen LogP contribution in [0.3, 0.4) is 0 Å². The van der Waals surface area contributed by atoms with E-state index in [1.54, 1.807) is 27.4 Å². The Kier molecular flexibility index (Phi) is 6.20. The standard InChI is InChI=1S/C19H27N3O4/c1-23-15-11-17(25-3)16(24-2)10-14(15)12-20-19-22-21-18(26-19)9-13-7-5-4-6-8-13/h10-11,13H,4-9,12H2,1-3H3,(H,20,22). The predicted octanol–water partition coefficient (Wildman–Crippen LogP) is 3.83. The lowest BCUT2D eigenvalue weighted by molar-refractivity contribution is 0.330. The minimum Gasteiger partial charge on any atom is -0.496 e. The van der Waals surface area contributed by atoms with Crippen molar-refractivity contribution in [2.24, 2.45) is 5.92 Å². The van der Waals surface area contributed by atoms with Gasteiger partial charge in [-0.2, -0.15) is 0 Å². The van der Waals surface area contributed by atoms with E-state index in [1.807, 2.05) is 6.07 Å². The molecule has 0 unspecified atom stereocenters. The Bertz CT molecular complexity index is 711. The summed E-state index contributed by atoms with van der Waals surface area (Å²) in [6, 6.07) is 4.11. The molecule has 0 spiro atoms. The first-order valence-electron chi connectivity index (χ1n) is 9.08. The summed E-state index contributed by atoms with van der Waals surface area (Å²) in [6.45, 7) is 0.481. The maximum absolute atomic E-state index is 5.75. The summed E-state index contributed by atoms with van der Waals surface area (Å²) in [6.07, 6.45) is 7.35. The van der Waals surface area contributed by atoms with Gasteiger partial charge in [-0.25, -0.2) is 0 Å². The fourth-order valence-electron chi connectivity index (χ4n) is 3.45. The molecule has 0 aliphatic heterocycles. The highest BCUT2D eigenvalue weighted by Crippen LogP contribution is 2.35. The number of aromatic nitrogens is 2. The summed E-state index contributed by atoms with van der Waals surface area (Å²) in [5.74, 6) is 3.35. The number of hydrogen-bond acceptors (Lipinski definition) is 7. The van der Waals surface area contributed by atoms with E-state index in [0.29, 0.717) is 41.6 Å². The molecule has 0 atom stereocenters. The number of ether oxygens (including phenoxy) is 3. The summed E-state index contributed by atoms with van der Waals surface area (Å²) in [5, 5.41) is 11.4. The molecule has 7 nitrogen and oxygen atoms in total. The van der Waals surface area contributed by atoms with Gasteiger partial charge in [0.05, 0.1) is 21.3 Å². The Morgan fingerprint density at radius 3 is 2.35 bits per heavy atom. The molecule has 142 valence electrons. The van der Waals surface area contributed by atoms with Crippen LogP contribution in [0.4, 0.5) is 6.01 Å². The molecule has 1 aliphatic carbocycles. The SMILES string of the molecule is COc1cc(OC)c(OC)cc1CNc1nnc(CC2CCCCC2)o1.